The van der Waals surface area contributed by atoms with Crippen molar-refractivity contribution in [3.05, 3.63) is 34.2 Å². The highest BCUT2D eigenvalue weighted by Gasteiger charge is 2.30. The van der Waals surface area contributed by atoms with E-state index in [1.54, 1.807) is 13.2 Å². The first-order valence-corrected chi connectivity index (χ1v) is 9.27. The number of carbonyl (C=O) groups is 1. The predicted molar refractivity (Wildman–Crippen MR) is 99.7 cm³/mol. The molecule has 1 fully saturated rings. The number of rotatable bonds is 5. The van der Waals surface area contributed by atoms with E-state index in [1.165, 1.54) is 11.0 Å². The quantitative estimate of drug-likeness (QED) is 0.766. The van der Waals surface area contributed by atoms with Gasteiger partial charge < -0.3 is 19.3 Å². The zero-order valence-electron chi connectivity index (χ0n) is 15.1. The molecule has 0 spiro atoms. The molecule has 1 saturated heterocycles. The third-order valence-electron chi connectivity index (χ3n) is 5.21. The van der Waals surface area contributed by atoms with Crippen molar-refractivity contribution in [3.63, 3.8) is 0 Å². The van der Waals surface area contributed by atoms with Gasteiger partial charge in [0.25, 0.3) is 0 Å². The lowest BCUT2D eigenvalue weighted by Crippen LogP contribution is -2.38. The van der Waals surface area contributed by atoms with Crippen LogP contribution in [0.25, 0.3) is 10.9 Å². The molecule has 3 rings (SSSR count). The van der Waals surface area contributed by atoms with E-state index in [0.717, 1.165) is 30.5 Å². The van der Waals surface area contributed by atoms with Crippen LogP contribution in [0.3, 0.4) is 0 Å². The number of aryl methyl sites for hydroxylation is 2. The summed E-state index contributed by atoms with van der Waals surface area (Å²) in [5, 5.41) is 10.4. The maximum Gasteiger partial charge on any atom is 0.407 e. The Labute approximate surface area is 157 Å². The maximum absolute atomic E-state index is 14.6. The minimum absolute atomic E-state index is 0.0326. The molecular formula is C19H24ClFN2O3. The number of nitrogens with zero attached hydrogens (tertiary/aromatic N) is 2. The summed E-state index contributed by atoms with van der Waals surface area (Å²) in [5.41, 5.74) is 2.55. The summed E-state index contributed by atoms with van der Waals surface area (Å²) in [7, 11) is 1.65. The van der Waals surface area contributed by atoms with Crippen molar-refractivity contribution in [1.29, 1.82) is 0 Å². The van der Waals surface area contributed by atoms with Gasteiger partial charge in [-0.3, -0.25) is 0 Å². The standard InChI is InChI=1S/C19H24ClFN2O3/c1-12-16-15(21)7-6-14(20)18(16)23(9-4-10-26-2)17(12)13-5-3-8-22(11-13)19(24)25/h6-7,13H,3-5,8-11H2,1-2H3,(H,24,25). The fourth-order valence-corrected chi connectivity index (χ4v) is 4.37. The second-order valence-electron chi connectivity index (χ2n) is 6.83. The van der Waals surface area contributed by atoms with Crippen molar-refractivity contribution in [2.45, 2.75) is 38.6 Å². The molecule has 2 heterocycles. The fraction of sp³-hybridized carbons (Fsp3) is 0.526. The molecule has 1 unspecified atom stereocenters. The summed E-state index contributed by atoms with van der Waals surface area (Å²) in [6, 6.07) is 2.98. The molecular weight excluding hydrogens is 359 g/mol. The number of hydrogen-bond acceptors (Lipinski definition) is 2. The van der Waals surface area contributed by atoms with Crippen LogP contribution in [0, 0.1) is 12.7 Å². The molecule has 1 aliphatic heterocycles. The van der Waals surface area contributed by atoms with Crippen molar-refractivity contribution in [2.75, 3.05) is 26.8 Å². The minimum atomic E-state index is -0.904. The van der Waals surface area contributed by atoms with Gasteiger partial charge in [0.15, 0.2) is 0 Å². The first-order chi connectivity index (χ1) is 12.5. The number of benzene rings is 1. The molecule has 0 radical (unpaired) electrons. The molecule has 26 heavy (non-hydrogen) atoms. The molecule has 0 bridgehead atoms. The number of carboxylic acid groups (broad SMARTS) is 1. The van der Waals surface area contributed by atoms with Crippen LogP contribution in [0.5, 0.6) is 0 Å². The monoisotopic (exact) mass is 382 g/mol. The number of ether oxygens (including phenoxy) is 1. The van der Waals surface area contributed by atoms with Gasteiger partial charge in [0.05, 0.1) is 10.5 Å². The molecule has 1 aliphatic rings. The number of amides is 1. The van der Waals surface area contributed by atoms with E-state index in [-0.39, 0.29) is 11.7 Å². The topological polar surface area (TPSA) is 54.7 Å². The van der Waals surface area contributed by atoms with Crippen molar-refractivity contribution in [2.24, 2.45) is 0 Å². The fourth-order valence-electron chi connectivity index (χ4n) is 4.11. The van der Waals surface area contributed by atoms with Crippen molar-refractivity contribution in [3.8, 4) is 0 Å². The molecule has 1 amide bonds. The normalized spacial score (nSPS) is 17.8. The first-order valence-electron chi connectivity index (χ1n) is 8.89. The lowest BCUT2D eigenvalue weighted by molar-refractivity contribution is 0.129. The highest BCUT2D eigenvalue weighted by Crippen LogP contribution is 2.39. The van der Waals surface area contributed by atoms with E-state index >= 15 is 0 Å². The summed E-state index contributed by atoms with van der Waals surface area (Å²) >= 11 is 6.43. The summed E-state index contributed by atoms with van der Waals surface area (Å²) in [5.74, 6) is -0.259. The van der Waals surface area contributed by atoms with Crippen LogP contribution in [0.15, 0.2) is 12.1 Å². The van der Waals surface area contributed by atoms with Crippen LogP contribution in [0.2, 0.25) is 5.02 Å². The minimum Gasteiger partial charge on any atom is -0.465 e. The molecule has 5 nitrogen and oxygen atoms in total. The highest BCUT2D eigenvalue weighted by atomic mass is 35.5. The third-order valence-corrected chi connectivity index (χ3v) is 5.51. The molecule has 1 aromatic heterocycles. The Kier molecular flexibility index (Phi) is 5.73. The molecule has 142 valence electrons. The zero-order chi connectivity index (χ0) is 18.8. The Bertz CT molecular complexity index is 821. The summed E-state index contributed by atoms with van der Waals surface area (Å²) < 4.78 is 21.8. The van der Waals surface area contributed by atoms with Gasteiger partial charge in [-0.1, -0.05) is 11.6 Å². The number of fused-ring (bicyclic) bond motifs is 1. The third kappa shape index (κ3) is 3.40. The maximum atomic E-state index is 14.6. The van der Waals surface area contributed by atoms with Gasteiger partial charge in [0.2, 0.25) is 0 Å². The van der Waals surface area contributed by atoms with Gasteiger partial charge >= 0.3 is 6.09 Å². The molecule has 2 aromatic rings. The largest absolute Gasteiger partial charge is 0.465 e. The van der Waals surface area contributed by atoms with Gasteiger partial charge in [0, 0.05) is 50.3 Å². The Hall–Kier alpha value is -1.79. The van der Waals surface area contributed by atoms with Gasteiger partial charge in [0.1, 0.15) is 5.82 Å². The van der Waals surface area contributed by atoms with E-state index in [9.17, 15) is 14.3 Å². The second-order valence-corrected chi connectivity index (χ2v) is 7.24. The molecule has 1 aromatic carbocycles. The van der Waals surface area contributed by atoms with E-state index in [2.05, 4.69) is 4.57 Å². The number of methoxy groups -OCH3 is 1. The molecule has 1 N–H and O–H groups in total. The number of likely N-dealkylation sites (tertiary alicyclic amines) is 1. The summed E-state index contributed by atoms with van der Waals surface area (Å²) in [4.78, 5) is 12.9. The average Bonchev–Trinajstić information content (AvgIpc) is 2.92. The van der Waals surface area contributed by atoms with Crippen LogP contribution in [-0.4, -0.2) is 47.5 Å². The molecule has 7 heteroatoms. The van der Waals surface area contributed by atoms with E-state index < -0.39 is 6.09 Å². The van der Waals surface area contributed by atoms with Gasteiger partial charge in [-0.2, -0.15) is 0 Å². The van der Waals surface area contributed by atoms with E-state index in [0.29, 0.717) is 42.2 Å². The average molecular weight is 383 g/mol. The van der Waals surface area contributed by atoms with Crippen LogP contribution >= 0.6 is 11.6 Å². The number of hydrogen-bond donors (Lipinski definition) is 1. The van der Waals surface area contributed by atoms with Crippen molar-refractivity contribution in [1.82, 2.24) is 9.47 Å². The van der Waals surface area contributed by atoms with Gasteiger partial charge in [-0.15, -0.1) is 0 Å². The Morgan fingerprint density at radius 3 is 2.92 bits per heavy atom. The first kappa shape index (κ1) is 19.0. The van der Waals surface area contributed by atoms with Crippen LogP contribution in [0.4, 0.5) is 9.18 Å². The smallest absolute Gasteiger partial charge is 0.407 e. The van der Waals surface area contributed by atoms with Crippen LogP contribution in [0.1, 0.15) is 36.4 Å². The van der Waals surface area contributed by atoms with Gasteiger partial charge in [-0.25, -0.2) is 9.18 Å². The highest BCUT2D eigenvalue weighted by molar-refractivity contribution is 6.35. The molecule has 0 aliphatic carbocycles. The lowest BCUT2D eigenvalue weighted by atomic mass is 9.92. The molecule has 1 atom stereocenters. The lowest BCUT2D eigenvalue weighted by Gasteiger charge is -2.32. The van der Waals surface area contributed by atoms with Gasteiger partial charge in [-0.05, 0) is 43.9 Å². The molecule has 0 saturated carbocycles. The Morgan fingerprint density at radius 2 is 2.23 bits per heavy atom. The summed E-state index contributed by atoms with van der Waals surface area (Å²) in [6.07, 6.45) is 1.55. The zero-order valence-corrected chi connectivity index (χ0v) is 15.9. The van der Waals surface area contributed by atoms with Crippen molar-refractivity contribution >= 4 is 28.6 Å². The number of halogens is 2. The van der Waals surface area contributed by atoms with Crippen LogP contribution in [-0.2, 0) is 11.3 Å². The number of piperidine rings is 1. The Morgan fingerprint density at radius 1 is 1.46 bits per heavy atom. The second kappa shape index (κ2) is 7.84. The van der Waals surface area contributed by atoms with E-state index in [1.807, 2.05) is 6.92 Å². The summed E-state index contributed by atoms with van der Waals surface area (Å²) in [6.45, 7) is 4.13. The Balaban J connectivity index is 2.12. The van der Waals surface area contributed by atoms with Crippen molar-refractivity contribution < 1.29 is 19.0 Å². The SMILES string of the molecule is COCCCn1c(C2CCCN(C(=O)O)C2)c(C)c2c(F)ccc(Cl)c21. The number of aromatic nitrogens is 1. The van der Waals surface area contributed by atoms with E-state index in [4.69, 9.17) is 16.3 Å². The van der Waals surface area contributed by atoms with Crippen LogP contribution < -0.4 is 0 Å². The predicted octanol–water partition coefficient (Wildman–Crippen LogP) is 4.64.